The highest BCUT2D eigenvalue weighted by Gasteiger charge is 2.39. The zero-order chi connectivity index (χ0) is 12.3. The number of rotatable bonds is 7. The van der Waals surface area contributed by atoms with Gasteiger partial charge in [-0.2, -0.15) is 0 Å². The van der Waals surface area contributed by atoms with Gasteiger partial charge >= 0.3 is 0 Å². The van der Waals surface area contributed by atoms with Gasteiger partial charge in [0.05, 0.1) is 0 Å². The fourth-order valence-corrected chi connectivity index (χ4v) is 4.36. The number of hydrogen-bond donors (Lipinski definition) is 2. The highest BCUT2D eigenvalue weighted by atomic mass is 15.2. The smallest absolute Gasteiger partial charge is 0.0215 e. The molecule has 5 unspecified atom stereocenters. The van der Waals surface area contributed by atoms with Crippen molar-refractivity contribution < 1.29 is 0 Å². The highest BCUT2D eigenvalue weighted by molar-refractivity contribution is 4.91. The maximum absolute atomic E-state index is 5.74. The Balaban J connectivity index is 1.75. The van der Waals surface area contributed by atoms with Gasteiger partial charge in [0.15, 0.2) is 0 Å². The molecule has 0 spiro atoms. The first-order chi connectivity index (χ1) is 8.22. The predicted octanol–water partition coefficient (Wildman–Crippen LogP) is 3.47. The van der Waals surface area contributed by atoms with E-state index in [2.05, 4.69) is 19.3 Å². The lowest BCUT2D eigenvalue weighted by atomic mass is 9.82. The van der Waals surface area contributed by atoms with Gasteiger partial charge in [0.1, 0.15) is 0 Å². The Kier molecular flexibility index (Phi) is 4.87. The molecule has 2 nitrogen and oxygen atoms in total. The van der Waals surface area contributed by atoms with Gasteiger partial charge in [-0.05, 0) is 55.8 Å². The fraction of sp³-hybridized carbons (Fsp3) is 1.00. The Hall–Kier alpha value is -0.0800. The number of fused-ring (bicyclic) bond motifs is 2. The van der Waals surface area contributed by atoms with Crippen LogP contribution in [0, 0.1) is 23.7 Å². The van der Waals surface area contributed by atoms with Gasteiger partial charge in [-0.25, -0.2) is 0 Å². The summed E-state index contributed by atoms with van der Waals surface area (Å²) >= 11 is 0. The van der Waals surface area contributed by atoms with Crippen LogP contribution in [0.15, 0.2) is 0 Å². The summed E-state index contributed by atoms with van der Waals surface area (Å²) in [6.45, 7) is 4.64. The molecular weight excluding hydrogens is 208 g/mol. The maximum atomic E-state index is 5.74. The first-order valence-electron chi connectivity index (χ1n) is 7.69. The summed E-state index contributed by atoms with van der Waals surface area (Å²) in [6, 6.07) is 0.556. The Morgan fingerprint density at radius 3 is 2.65 bits per heavy atom. The number of nitrogens with one attached hydrogen (secondary N) is 1. The average Bonchev–Trinajstić information content (AvgIpc) is 2.90. The number of hydrogen-bond acceptors (Lipinski definition) is 2. The predicted molar refractivity (Wildman–Crippen MR) is 73.4 cm³/mol. The van der Waals surface area contributed by atoms with Crippen LogP contribution in [0.4, 0.5) is 0 Å². The van der Waals surface area contributed by atoms with E-state index in [1.807, 2.05) is 0 Å². The van der Waals surface area contributed by atoms with E-state index in [0.717, 1.165) is 23.7 Å². The first-order valence-corrected chi connectivity index (χ1v) is 7.69. The number of nitrogens with two attached hydrogens (primary N) is 1. The minimum absolute atomic E-state index is 0.556. The van der Waals surface area contributed by atoms with Gasteiger partial charge in [-0.3, -0.25) is 11.3 Å². The lowest BCUT2D eigenvalue weighted by Crippen LogP contribution is -2.38. The second-order valence-electron chi connectivity index (χ2n) is 6.66. The second-order valence-corrected chi connectivity index (χ2v) is 6.66. The SMILES string of the molecule is CCCC(C)CC(CC1CC2CCC1C2)NN. The first kappa shape index (κ1) is 13.4. The fourth-order valence-electron chi connectivity index (χ4n) is 4.36. The van der Waals surface area contributed by atoms with Crippen LogP contribution in [0.5, 0.6) is 0 Å². The third kappa shape index (κ3) is 3.45. The summed E-state index contributed by atoms with van der Waals surface area (Å²) in [5.74, 6) is 9.64. The van der Waals surface area contributed by atoms with Crippen molar-refractivity contribution in [2.24, 2.45) is 29.5 Å². The molecule has 0 aromatic rings. The lowest BCUT2D eigenvalue weighted by Gasteiger charge is -2.27. The average molecular weight is 238 g/mol. The molecule has 2 aliphatic rings. The van der Waals surface area contributed by atoms with Crippen LogP contribution in [0.3, 0.4) is 0 Å². The monoisotopic (exact) mass is 238 g/mol. The Bertz CT molecular complexity index is 229. The largest absolute Gasteiger partial charge is 0.271 e. The number of hydrazine groups is 1. The van der Waals surface area contributed by atoms with E-state index in [1.165, 1.54) is 51.4 Å². The third-order valence-corrected chi connectivity index (χ3v) is 5.18. The van der Waals surface area contributed by atoms with E-state index in [1.54, 1.807) is 0 Å². The van der Waals surface area contributed by atoms with E-state index in [0.29, 0.717) is 6.04 Å². The molecule has 0 heterocycles. The molecule has 2 bridgehead atoms. The van der Waals surface area contributed by atoms with Crippen molar-refractivity contribution in [3.63, 3.8) is 0 Å². The Morgan fingerprint density at radius 1 is 1.29 bits per heavy atom. The molecule has 3 N–H and O–H groups in total. The molecule has 2 heteroatoms. The summed E-state index contributed by atoms with van der Waals surface area (Å²) in [5.41, 5.74) is 3.08. The summed E-state index contributed by atoms with van der Waals surface area (Å²) < 4.78 is 0. The minimum Gasteiger partial charge on any atom is -0.271 e. The molecule has 0 aliphatic heterocycles. The topological polar surface area (TPSA) is 38.0 Å². The van der Waals surface area contributed by atoms with Crippen LogP contribution in [-0.2, 0) is 0 Å². The second kappa shape index (κ2) is 6.19. The summed E-state index contributed by atoms with van der Waals surface area (Å²) in [7, 11) is 0. The lowest BCUT2D eigenvalue weighted by molar-refractivity contribution is 0.256. The summed E-state index contributed by atoms with van der Waals surface area (Å²) in [6.07, 6.45) is 11.2. The molecule has 0 saturated heterocycles. The standard InChI is InChI=1S/C15H30N2/c1-3-4-11(2)7-15(17-16)10-14-9-12-5-6-13(14)8-12/h11-15,17H,3-10,16H2,1-2H3. The van der Waals surface area contributed by atoms with Crippen molar-refractivity contribution in [2.75, 3.05) is 0 Å². The zero-order valence-corrected chi connectivity index (χ0v) is 11.6. The van der Waals surface area contributed by atoms with Crippen molar-refractivity contribution >= 4 is 0 Å². The molecule has 0 amide bonds. The molecule has 0 aromatic heterocycles. The van der Waals surface area contributed by atoms with Crippen molar-refractivity contribution in [3.8, 4) is 0 Å². The molecule has 17 heavy (non-hydrogen) atoms. The van der Waals surface area contributed by atoms with Crippen LogP contribution in [0.1, 0.15) is 65.2 Å². The third-order valence-electron chi connectivity index (χ3n) is 5.18. The maximum Gasteiger partial charge on any atom is 0.0215 e. The van der Waals surface area contributed by atoms with Crippen LogP contribution in [0.25, 0.3) is 0 Å². The normalized spacial score (nSPS) is 35.1. The van der Waals surface area contributed by atoms with E-state index >= 15 is 0 Å². The molecule has 100 valence electrons. The highest BCUT2D eigenvalue weighted by Crippen LogP contribution is 2.50. The van der Waals surface area contributed by atoms with Gasteiger partial charge in [0, 0.05) is 6.04 Å². The van der Waals surface area contributed by atoms with Crippen LogP contribution in [0.2, 0.25) is 0 Å². The van der Waals surface area contributed by atoms with E-state index in [-0.39, 0.29) is 0 Å². The molecule has 2 fully saturated rings. The summed E-state index contributed by atoms with van der Waals surface area (Å²) in [5, 5.41) is 0. The zero-order valence-electron chi connectivity index (χ0n) is 11.6. The van der Waals surface area contributed by atoms with Gasteiger partial charge < -0.3 is 0 Å². The van der Waals surface area contributed by atoms with Gasteiger partial charge in [0.2, 0.25) is 0 Å². The molecule has 0 aromatic carbocycles. The van der Waals surface area contributed by atoms with Gasteiger partial charge in [-0.1, -0.05) is 33.1 Å². The molecular formula is C15H30N2. The van der Waals surface area contributed by atoms with E-state index < -0.39 is 0 Å². The van der Waals surface area contributed by atoms with Gasteiger partial charge in [-0.15, -0.1) is 0 Å². The van der Waals surface area contributed by atoms with Crippen LogP contribution < -0.4 is 11.3 Å². The van der Waals surface area contributed by atoms with E-state index in [4.69, 9.17) is 5.84 Å². The van der Waals surface area contributed by atoms with Crippen molar-refractivity contribution in [2.45, 2.75) is 71.3 Å². The van der Waals surface area contributed by atoms with Crippen molar-refractivity contribution in [1.82, 2.24) is 5.43 Å². The minimum atomic E-state index is 0.556. The van der Waals surface area contributed by atoms with Crippen LogP contribution in [-0.4, -0.2) is 6.04 Å². The Morgan fingerprint density at radius 2 is 2.12 bits per heavy atom. The van der Waals surface area contributed by atoms with E-state index in [9.17, 15) is 0 Å². The molecule has 2 rings (SSSR count). The molecule has 2 saturated carbocycles. The van der Waals surface area contributed by atoms with Crippen molar-refractivity contribution in [3.05, 3.63) is 0 Å². The summed E-state index contributed by atoms with van der Waals surface area (Å²) in [4.78, 5) is 0. The molecule has 2 aliphatic carbocycles. The van der Waals surface area contributed by atoms with Gasteiger partial charge in [0.25, 0.3) is 0 Å². The van der Waals surface area contributed by atoms with Crippen molar-refractivity contribution in [1.29, 1.82) is 0 Å². The molecule has 0 radical (unpaired) electrons. The van der Waals surface area contributed by atoms with Crippen LogP contribution >= 0.6 is 0 Å². The Labute approximate surface area is 107 Å². The quantitative estimate of drug-likeness (QED) is 0.526. The molecule has 5 atom stereocenters.